The molecule has 1 aliphatic carbocycles. The van der Waals surface area contributed by atoms with E-state index in [0.29, 0.717) is 29.1 Å². The van der Waals surface area contributed by atoms with Crippen LogP contribution in [0.4, 0.5) is 10.5 Å². The molecule has 1 saturated carbocycles. The number of anilines is 1. The SMILES string of the molecule is Cc1ccc(C(=O)Nc2ccc(O)c(-c3cc(C4CC4)n(C(=O)NCCc4ccccc4)n3)c2)cc1. The van der Waals surface area contributed by atoms with Crippen molar-refractivity contribution >= 4 is 17.6 Å². The Labute approximate surface area is 209 Å². The Hall–Kier alpha value is -4.39. The molecule has 0 saturated heterocycles. The van der Waals surface area contributed by atoms with E-state index >= 15 is 0 Å². The van der Waals surface area contributed by atoms with Crippen LogP contribution in [-0.2, 0) is 6.42 Å². The number of carbonyl (C=O) groups excluding carboxylic acids is 2. The topological polar surface area (TPSA) is 96.2 Å². The molecule has 4 aromatic rings. The number of phenolic OH excluding ortho intramolecular Hbond substituents is 1. The monoisotopic (exact) mass is 480 g/mol. The van der Waals surface area contributed by atoms with Gasteiger partial charge in [0.05, 0.1) is 11.4 Å². The highest BCUT2D eigenvalue weighted by atomic mass is 16.3. The predicted molar refractivity (Wildman–Crippen MR) is 139 cm³/mol. The first-order valence-corrected chi connectivity index (χ1v) is 12.1. The van der Waals surface area contributed by atoms with E-state index in [-0.39, 0.29) is 23.6 Å². The highest BCUT2D eigenvalue weighted by Crippen LogP contribution is 2.42. The molecule has 5 rings (SSSR count). The Bertz CT molecular complexity index is 1390. The number of nitrogens with zero attached hydrogens (tertiary/aromatic N) is 2. The molecule has 0 bridgehead atoms. The molecular formula is C29H28N4O3. The van der Waals surface area contributed by atoms with Crippen LogP contribution in [-0.4, -0.2) is 33.4 Å². The minimum atomic E-state index is -0.289. The van der Waals surface area contributed by atoms with Gasteiger partial charge < -0.3 is 15.7 Å². The van der Waals surface area contributed by atoms with E-state index in [2.05, 4.69) is 15.7 Å². The van der Waals surface area contributed by atoms with E-state index in [4.69, 9.17) is 0 Å². The third-order valence-electron chi connectivity index (χ3n) is 6.30. The van der Waals surface area contributed by atoms with Gasteiger partial charge in [-0.05, 0) is 68.1 Å². The number of amides is 2. The molecule has 0 radical (unpaired) electrons. The van der Waals surface area contributed by atoms with E-state index in [1.165, 1.54) is 10.7 Å². The Morgan fingerprint density at radius 1 is 1.00 bits per heavy atom. The molecule has 0 aliphatic heterocycles. The van der Waals surface area contributed by atoms with Gasteiger partial charge >= 0.3 is 6.03 Å². The number of rotatable bonds is 7. The summed E-state index contributed by atoms with van der Waals surface area (Å²) in [6.45, 7) is 2.46. The molecule has 182 valence electrons. The second-order valence-corrected chi connectivity index (χ2v) is 9.16. The summed E-state index contributed by atoms with van der Waals surface area (Å²) in [5.74, 6) is 0.0612. The standard InChI is InChI=1S/C29H28N4O3/c1-19-7-9-22(10-8-19)28(35)31-23-13-14-27(34)24(17-23)25-18-26(21-11-12-21)33(32-25)29(36)30-16-15-20-5-3-2-4-6-20/h2-10,13-14,17-18,21,34H,11-12,15-16H2,1H3,(H,30,36)(H,31,35). The highest BCUT2D eigenvalue weighted by Gasteiger charge is 2.30. The fraction of sp³-hybridized carbons (Fsp3) is 0.207. The van der Waals surface area contributed by atoms with Gasteiger partial charge in [-0.25, -0.2) is 4.79 Å². The Morgan fingerprint density at radius 2 is 1.75 bits per heavy atom. The molecule has 2 amide bonds. The molecular weight excluding hydrogens is 452 g/mol. The summed E-state index contributed by atoms with van der Waals surface area (Å²) in [4.78, 5) is 25.6. The van der Waals surface area contributed by atoms with Gasteiger partial charge in [-0.15, -0.1) is 0 Å². The third kappa shape index (κ3) is 5.30. The van der Waals surface area contributed by atoms with Crippen molar-refractivity contribution in [1.29, 1.82) is 0 Å². The fourth-order valence-corrected chi connectivity index (χ4v) is 4.12. The molecule has 0 atom stereocenters. The number of aryl methyl sites for hydroxylation is 1. The maximum Gasteiger partial charge on any atom is 0.342 e. The van der Waals surface area contributed by atoms with Crippen LogP contribution < -0.4 is 10.6 Å². The van der Waals surface area contributed by atoms with Crippen LogP contribution in [0.5, 0.6) is 5.75 Å². The summed E-state index contributed by atoms with van der Waals surface area (Å²) < 4.78 is 1.41. The molecule has 0 unspecified atom stereocenters. The second-order valence-electron chi connectivity index (χ2n) is 9.16. The maximum atomic E-state index is 13.0. The highest BCUT2D eigenvalue weighted by molar-refractivity contribution is 6.04. The molecule has 7 heteroatoms. The van der Waals surface area contributed by atoms with Gasteiger partial charge in [0, 0.05) is 29.3 Å². The largest absolute Gasteiger partial charge is 0.507 e. The lowest BCUT2D eigenvalue weighted by atomic mass is 10.1. The number of hydrogen-bond donors (Lipinski definition) is 3. The quantitative estimate of drug-likeness (QED) is 0.305. The lowest BCUT2D eigenvalue weighted by molar-refractivity contribution is 0.102. The van der Waals surface area contributed by atoms with Gasteiger partial charge in [0.15, 0.2) is 0 Å². The smallest absolute Gasteiger partial charge is 0.342 e. The van der Waals surface area contributed by atoms with E-state index in [1.807, 2.05) is 55.5 Å². The van der Waals surface area contributed by atoms with Crippen LogP contribution in [0.1, 0.15) is 45.9 Å². The number of phenols is 1. The predicted octanol–water partition coefficient (Wildman–Crippen LogP) is 5.49. The number of aromatic nitrogens is 2. The average molecular weight is 481 g/mol. The van der Waals surface area contributed by atoms with Gasteiger partial charge in [-0.2, -0.15) is 9.78 Å². The van der Waals surface area contributed by atoms with Crippen LogP contribution in [0.3, 0.4) is 0 Å². The van der Waals surface area contributed by atoms with Gasteiger partial charge in [0.2, 0.25) is 0 Å². The van der Waals surface area contributed by atoms with Gasteiger partial charge in [-0.3, -0.25) is 4.79 Å². The molecule has 1 aromatic heterocycles. The number of benzene rings is 3. The first kappa shape index (κ1) is 23.4. The molecule has 0 spiro atoms. The first-order valence-electron chi connectivity index (χ1n) is 12.1. The molecule has 1 heterocycles. The van der Waals surface area contributed by atoms with Crippen molar-refractivity contribution in [3.63, 3.8) is 0 Å². The van der Waals surface area contributed by atoms with Gasteiger partial charge in [0.1, 0.15) is 5.75 Å². The van der Waals surface area contributed by atoms with Crippen molar-refractivity contribution < 1.29 is 14.7 Å². The number of nitrogens with one attached hydrogen (secondary N) is 2. The molecule has 3 N–H and O–H groups in total. The lowest BCUT2D eigenvalue weighted by Gasteiger charge is -2.09. The average Bonchev–Trinajstić information content (AvgIpc) is 3.64. The van der Waals surface area contributed by atoms with Crippen molar-refractivity contribution in [2.45, 2.75) is 32.1 Å². The number of aromatic hydroxyl groups is 1. The molecule has 1 aliphatic rings. The molecule has 1 fully saturated rings. The summed E-state index contributed by atoms with van der Waals surface area (Å²) in [6.07, 6.45) is 2.73. The van der Waals surface area contributed by atoms with Crippen molar-refractivity contribution in [3.05, 3.63) is 101 Å². The van der Waals surface area contributed by atoms with Gasteiger partial charge in [-0.1, -0.05) is 48.0 Å². The van der Waals surface area contributed by atoms with Crippen LogP contribution in [0.2, 0.25) is 0 Å². The summed E-state index contributed by atoms with van der Waals surface area (Å²) in [5.41, 5.74) is 5.07. The van der Waals surface area contributed by atoms with Crippen LogP contribution in [0.25, 0.3) is 11.3 Å². The van der Waals surface area contributed by atoms with Crippen LogP contribution in [0.15, 0.2) is 78.9 Å². The number of hydrogen-bond acceptors (Lipinski definition) is 4. The normalized spacial score (nSPS) is 12.8. The lowest BCUT2D eigenvalue weighted by Crippen LogP contribution is -2.32. The minimum absolute atomic E-state index is 0.0276. The Balaban J connectivity index is 1.34. The summed E-state index contributed by atoms with van der Waals surface area (Å²) in [6, 6.07) is 23.7. The second kappa shape index (κ2) is 10.1. The zero-order valence-corrected chi connectivity index (χ0v) is 20.1. The maximum absolute atomic E-state index is 13.0. The summed E-state index contributed by atoms with van der Waals surface area (Å²) in [7, 11) is 0. The van der Waals surface area contributed by atoms with Crippen molar-refractivity contribution in [2.75, 3.05) is 11.9 Å². The molecule has 36 heavy (non-hydrogen) atoms. The molecule has 3 aromatic carbocycles. The summed E-state index contributed by atoms with van der Waals surface area (Å²) in [5, 5.41) is 20.9. The number of carbonyl (C=O) groups is 2. The van der Waals surface area contributed by atoms with E-state index in [0.717, 1.165) is 36.1 Å². The van der Waals surface area contributed by atoms with E-state index in [9.17, 15) is 14.7 Å². The van der Waals surface area contributed by atoms with Gasteiger partial charge in [0.25, 0.3) is 5.91 Å². The van der Waals surface area contributed by atoms with E-state index in [1.54, 1.807) is 24.3 Å². The Morgan fingerprint density at radius 3 is 2.47 bits per heavy atom. The van der Waals surface area contributed by atoms with Crippen LogP contribution in [0, 0.1) is 6.92 Å². The minimum Gasteiger partial charge on any atom is -0.507 e. The first-order chi connectivity index (χ1) is 17.5. The van der Waals surface area contributed by atoms with Crippen LogP contribution >= 0.6 is 0 Å². The molecule has 7 nitrogen and oxygen atoms in total. The summed E-state index contributed by atoms with van der Waals surface area (Å²) >= 11 is 0. The van der Waals surface area contributed by atoms with Crippen molar-refractivity contribution in [3.8, 4) is 17.0 Å². The third-order valence-corrected chi connectivity index (χ3v) is 6.30. The van der Waals surface area contributed by atoms with E-state index < -0.39 is 0 Å². The fourth-order valence-electron chi connectivity index (χ4n) is 4.12. The van der Waals surface area contributed by atoms with Crippen molar-refractivity contribution in [1.82, 2.24) is 15.1 Å². The zero-order chi connectivity index (χ0) is 25.1. The van der Waals surface area contributed by atoms with Crippen molar-refractivity contribution in [2.24, 2.45) is 0 Å². The zero-order valence-electron chi connectivity index (χ0n) is 20.1. The Kier molecular flexibility index (Phi) is 6.54.